The Labute approximate surface area is 396 Å². The molecule has 2 unspecified atom stereocenters. The number of Topliss-reactive ketones (excluding diaryl/α,β-unsaturated/α-hetero) is 3. The van der Waals surface area contributed by atoms with Crippen LogP contribution >= 0.6 is 15.9 Å². The Kier molecular flexibility index (Phi) is 18.0. The van der Waals surface area contributed by atoms with E-state index < -0.39 is 11.9 Å². The summed E-state index contributed by atoms with van der Waals surface area (Å²) in [5, 5.41) is 20.7. The van der Waals surface area contributed by atoms with Crippen molar-refractivity contribution in [2.24, 2.45) is 11.8 Å². The molecule has 0 radical (unpaired) electrons. The van der Waals surface area contributed by atoms with Crippen LogP contribution in [0.2, 0.25) is 0 Å². The van der Waals surface area contributed by atoms with Crippen LogP contribution in [0.25, 0.3) is 11.1 Å². The van der Waals surface area contributed by atoms with E-state index in [1.165, 1.54) is 17.2 Å². The first-order valence-electron chi connectivity index (χ1n) is 23.2. The molecular weight excluding hydrogens is 877 g/mol. The van der Waals surface area contributed by atoms with Crippen molar-refractivity contribution in [3.8, 4) is 16.9 Å². The first kappa shape index (κ1) is 52.4. The lowest BCUT2D eigenvalue weighted by atomic mass is 9.78. The van der Waals surface area contributed by atoms with E-state index in [4.69, 9.17) is 0 Å². The third-order valence-electron chi connectivity index (χ3n) is 13.4. The summed E-state index contributed by atoms with van der Waals surface area (Å²) in [7, 11) is 0. The average Bonchev–Trinajstić information content (AvgIpc) is 4.10. The maximum Gasteiger partial charge on any atom is 0.336 e. The van der Waals surface area contributed by atoms with Crippen LogP contribution in [0, 0.1) is 67.2 Å². The molecule has 2 aliphatic rings. The molecule has 7 nitrogen and oxygen atoms in total. The van der Waals surface area contributed by atoms with E-state index in [-0.39, 0.29) is 47.1 Å². The van der Waals surface area contributed by atoms with Crippen molar-refractivity contribution >= 4 is 45.0 Å². The summed E-state index contributed by atoms with van der Waals surface area (Å²) in [6.07, 6.45) is 7.82. The Hall–Kier alpha value is -5.21. The third-order valence-corrected chi connectivity index (χ3v) is 14.3. The maximum atomic E-state index is 13.7. The molecule has 0 heterocycles. The van der Waals surface area contributed by atoms with Gasteiger partial charge in [-0.3, -0.25) is 19.2 Å². The molecule has 65 heavy (non-hydrogen) atoms. The molecule has 0 bridgehead atoms. The smallest absolute Gasteiger partial charge is 0.336 e. The van der Waals surface area contributed by atoms with Crippen molar-refractivity contribution in [1.29, 1.82) is 0 Å². The van der Waals surface area contributed by atoms with Crippen LogP contribution in [0.15, 0.2) is 64.2 Å². The van der Waals surface area contributed by atoms with E-state index in [0.717, 1.165) is 98.0 Å². The normalized spacial score (nSPS) is 14.9. The van der Waals surface area contributed by atoms with Gasteiger partial charge in [0.25, 0.3) is 0 Å². The Morgan fingerprint density at radius 2 is 1.35 bits per heavy atom. The van der Waals surface area contributed by atoms with E-state index in [9.17, 15) is 34.2 Å². The van der Waals surface area contributed by atoms with Gasteiger partial charge < -0.3 is 10.2 Å². The van der Waals surface area contributed by atoms with Gasteiger partial charge in [0.15, 0.2) is 17.3 Å². The lowest BCUT2D eigenvalue weighted by Crippen LogP contribution is -2.24. The number of hydrogen-bond acceptors (Lipinski definition) is 6. The molecule has 2 aliphatic carbocycles. The number of phenolic OH excluding ortho intramolecular Hbond substituents is 1. The number of phenols is 1. The minimum Gasteiger partial charge on any atom is -0.506 e. The number of aryl methyl sites for hydroxylation is 2. The van der Waals surface area contributed by atoms with Crippen LogP contribution < -0.4 is 0 Å². The van der Waals surface area contributed by atoms with Crippen molar-refractivity contribution in [2.45, 2.75) is 148 Å². The van der Waals surface area contributed by atoms with Crippen LogP contribution in [-0.4, -0.2) is 39.3 Å². The van der Waals surface area contributed by atoms with Crippen LogP contribution in [-0.2, 0) is 22.4 Å². The zero-order valence-electron chi connectivity index (χ0n) is 41.1. The number of aromatic carboxylic acids is 1. The Morgan fingerprint density at radius 1 is 0.754 bits per heavy atom. The van der Waals surface area contributed by atoms with E-state index >= 15 is 0 Å². The van der Waals surface area contributed by atoms with E-state index in [2.05, 4.69) is 49.7 Å². The molecule has 0 spiro atoms. The highest BCUT2D eigenvalue weighted by Gasteiger charge is 2.36. The van der Waals surface area contributed by atoms with Gasteiger partial charge in [0.1, 0.15) is 11.5 Å². The number of rotatable bonds is 14. The first-order valence-corrected chi connectivity index (χ1v) is 24.0. The number of carboxylic acids is 1. The molecule has 0 saturated heterocycles. The van der Waals surface area contributed by atoms with Crippen LogP contribution in [0.3, 0.4) is 0 Å². The second-order valence-electron chi connectivity index (χ2n) is 17.8. The largest absolute Gasteiger partial charge is 0.506 e. The van der Waals surface area contributed by atoms with E-state index in [1.807, 2.05) is 99.6 Å². The highest BCUT2D eigenvalue weighted by Crippen LogP contribution is 2.44. The molecular formula is C57H69BrO7. The summed E-state index contributed by atoms with van der Waals surface area (Å²) >= 11 is 3.44. The molecule has 4 aromatic carbocycles. The van der Waals surface area contributed by atoms with Gasteiger partial charge in [-0.1, -0.05) is 88.6 Å². The fourth-order valence-electron chi connectivity index (χ4n) is 10.0. The molecule has 0 aliphatic heterocycles. The predicted octanol–water partition coefficient (Wildman–Crippen LogP) is 14.2. The van der Waals surface area contributed by atoms with Crippen molar-refractivity contribution < 1.29 is 34.2 Å². The van der Waals surface area contributed by atoms with Gasteiger partial charge >= 0.3 is 5.97 Å². The zero-order valence-corrected chi connectivity index (χ0v) is 42.7. The van der Waals surface area contributed by atoms with Gasteiger partial charge in [0.05, 0.1) is 21.5 Å². The standard InChI is InChI=1S/C31H36O3.C24H27BrO4.C2H6/c1-9-25-17(2)15-18(3)27(22(25)7)26(32)16-19(4)28-20(5)21(6)29(31(33)34)23(8)30(28)24-13-11-10-12-14-24;1-5-6-16-10-17(26)9-12(2)20(16)19(27)11-18-13(3)14(4)21(24(29)22(18)25)23(28)15-7-8-15;1-2/h10-15,19H,9,16H2,1-8H3,(H,33,34);9-10,15,20,29H,5-8,11H2,1-4H3;1-2H3. The fraction of sp³-hybridized carbons (Fsp3) is 0.421. The van der Waals surface area contributed by atoms with Crippen molar-refractivity contribution in [3.05, 3.63) is 142 Å². The second kappa shape index (κ2) is 22.3. The third kappa shape index (κ3) is 11.1. The summed E-state index contributed by atoms with van der Waals surface area (Å²) in [6, 6.07) is 12.1. The molecule has 346 valence electrons. The predicted molar refractivity (Wildman–Crippen MR) is 268 cm³/mol. The Bertz CT molecular complexity index is 2560. The van der Waals surface area contributed by atoms with Gasteiger partial charge in [0.2, 0.25) is 0 Å². The SMILES string of the molecule is CC.CCCC1=CC(=O)C=C(C)C1C(=O)Cc1c(C)c(C)c(C(=O)C2CC2)c(O)c1Br.CCc1c(C)cc(C)c(C(=O)CC(C)c2c(C)c(C)c(C(=O)O)c(C)c2-c2ccccc2)c1C. The zero-order chi connectivity index (χ0) is 48.8. The Balaban J connectivity index is 0.000000277. The summed E-state index contributed by atoms with van der Waals surface area (Å²) in [6.45, 7) is 27.7. The summed E-state index contributed by atoms with van der Waals surface area (Å²) < 4.78 is 0.424. The highest BCUT2D eigenvalue weighted by atomic mass is 79.9. The number of carbonyl (C=O) groups excluding carboxylic acids is 4. The molecule has 2 N–H and O–H groups in total. The number of allylic oxidation sites excluding steroid dienone is 4. The molecule has 1 fully saturated rings. The van der Waals surface area contributed by atoms with Crippen molar-refractivity contribution in [2.75, 3.05) is 0 Å². The number of hydrogen-bond donors (Lipinski definition) is 2. The summed E-state index contributed by atoms with van der Waals surface area (Å²) in [5.41, 5.74) is 15.6. The molecule has 6 rings (SSSR count). The topological polar surface area (TPSA) is 126 Å². The minimum absolute atomic E-state index is 0.00480. The molecule has 8 heteroatoms. The van der Waals surface area contributed by atoms with Gasteiger partial charge in [0, 0.05) is 24.3 Å². The summed E-state index contributed by atoms with van der Waals surface area (Å²) in [5.74, 6) is -1.38. The Morgan fingerprint density at radius 3 is 1.91 bits per heavy atom. The minimum atomic E-state index is -0.913. The first-order chi connectivity index (χ1) is 30.7. The number of halogens is 1. The lowest BCUT2D eigenvalue weighted by Gasteiger charge is -2.25. The number of carbonyl (C=O) groups is 5. The van der Waals surface area contributed by atoms with Crippen LogP contribution in [0.4, 0.5) is 0 Å². The van der Waals surface area contributed by atoms with E-state index in [1.54, 1.807) is 6.08 Å². The molecule has 0 aromatic heterocycles. The molecule has 4 aromatic rings. The summed E-state index contributed by atoms with van der Waals surface area (Å²) in [4.78, 5) is 63.6. The lowest BCUT2D eigenvalue weighted by molar-refractivity contribution is -0.120. The van der Waals surface area contributed by atoms with Crippen molar-refractivity contribution in [1.82, 2.24) is 0 Å². The maximum absolute atomic E-state index is 13.7. The monoisotopic (exact) mass is 944 g/mol. The number of aromatic hydroxyl groups is 1. The second-order valence-corrected chi connectivity index (χ2v) is 18.6. The molecule has 2 atom stereocenters. The van der Waals surface area contributed by atoms with Gasteiger partial charge in [-0.25, -0.2) is 4.79 Å². The average molecular weight is 946 g/mol. The highest BCUT2D eigenvalue weighted by molar-refractivity contribution is 9.10. The fourth-order valence-corrected chi connectivity index (χ4v) is 10.6. The number of benzene rings is 4. The van der Waals surface area contributed by atoms with Gasteiger partial charge in [-0.05, 0) is 194 Å². The molecule has 0 amide bonds. The quantitative estimate of drug-likeness (QED) is 0.121. The van der Waals surface area contributed by atoms with Crippen molar-refractivity contribution in [3.63, 3.8) is 0 Å². The van der Waals surface area contributed by atoms with Crippen LogP contribution in [0.1, 0.15) is 172 Å². The van der Waals surface area contributed by atoms with Crippen LogP contribution in [0.5, 0.6) is 5.75 Å². The van der Waals surface area contributed by atoms with E-state index in [0.29, 0.717) is 34.0 Å². The van der Waals surface area contributed by atoms with Gasteiger partial charge in [-0.2, -0.15) is 0 Å². The molecule has 1 saturated carbocycles. The van der Waals surface area contributed by atoms with Gasteiger partial charge in [-0.15, -0.1) is 0 Å². The number of carboxylic acid groups (broad SMARTS) is 1. The number of ketones is 4.